The average Bonchev–Trinajstić information content (AvgIpc) is 2.51. The van der Waals surface area contributed by atoms with E-state index in [0.717, 1.165) is 5.69 Å². The van der Waals surface area contributed by atoms with Crippen molar-refractivity contribution >= 4 is 0 Å². The van der Waals surface area contributed by atoms with Gasteiger partial charge in [-0.1, -0.05) is 12.1 Å². The molecule has 0 bridgehead atoms. The monoisotopic (exact) mass is 170 g/mol. The number of hydrogen-bond donors (Lipinski definition) is 2. The summed E-state index contributed by atoms with van der Waals surface area (Å²) in [7, 11) is 1.78. The molecule has 1 aromatic heterocycles. The highest BCUT2D eigenvalue weighted by molar-refractivity contribution is 5.11. The Labute approximate surface area is 71.2 Å². The van der Waals surface area contributed by atoms with Crippen LogP contribution in [0.2, 0.25) is 0 Å². The van der Waals surface area contributed by atoms with Crippen molar-refractivity contribution in [2.24, 2.45) is 12.8 Å². The summed E-state index contributed by atoms with van der Waals surface area (Å²) in [4.78, 5) is 0. The third-order valence-electron chi connectivity index (χ3n) is 2.02. The fourth-order valence-corrected chi connectivity index (χ4v) is 0.874. The summed E-state index contributed by atoms with van der Waals surface area (Å²) in [6.07, 6.45) is 1.77. The van der Waals surface area contributed by atoms with Gasteiger partial charge >= 0.3 is 0 Å². The minimum Gasteiger partial charge on any atom is -0.395 e. The van der Waals surface area contributed by atoms with Crippen LogP contribution in [0.15, 0.2) is 6.20 Å². The number of aryl methyl sites for hydroxylation is 1. The molecule has 3 N–H and O–H groups in total. The molecule has 68 valence electrons. The highest BCUT2D eigenvalue weighted by Crippen LogP contribution is 2.18. The van der Waals surface area contributed by atoms with Crippen molar-refractivity contribution in [2.75, 3.05) is 13.2 Å². The number of nitrogens with two attached hydrogens (primary N) is 1. The molecule has 0 saturated heterocycles. The molecular weight excluding hydrogens is 156 g/mol. The molecule has 0 aliphatic rings. The van der Waals surface area contributed by atoms with Crippen LogP contribution in [0.4, 0.5) is 0 Å². The predicted molar refractivity (Wildman–Crippen MR) is 44.5 cm³/mol. The van der Waals surface area contributed by atoms with Crippen LogP contribution >= 0.6 is 0 Å². The van der Waals surface area contributed by atoms with Gasteiger partial charge in [-0.15, -0.1) is 5.10 Å². The SMILES string of the molecule is Cn1cc(C(C)(CN)CO)nn1. The van der Waals surface area contributed by atoms with Gasteiger partial charge in [0.05, 0.1) is 12.3 Å². The van der Waals surface area contributed by atoms with Crippen LogP contribution < -0.4 is 5.73 Å². The minimum absolute atomic E-state index is 0.0117. The van der Waals surface area contributed by atoms with Gasteiger partial charge in [-0.3, -0.25) is 4.68 Å². The van der Waals surface area contributed by atoms with E-state index in [1.165, 1.54) is 0 Å². The van der Waals surface area contributed by atoms with E-state index in [4.69, 9.17) is 10.8 Å². The van der Waals surface area contributed by atoms with Crippen LogP contribution in [-0.2, 0) is 12.5 Å². The second-order valence-corrected chi connectivity index (χ2v) is 3.20. The molecule has 1 rings (SSSR count). The third kappa shape index (κ3) is 1.46. The molecule has 0 fully saturated rings. The van der Waals surface area contributed by atoms with Gasteiger partial charge in [0.25, 0.3) is 0 Å². The van der Waals surface area contributed by atoms with Gasteiger partial charge < -0.3 is 10.8 Å². The predicted octanol–water partition coefficient (Wildman–Crippen LogP) is -0.976. The zero-order chi connectivity index (χ0) is 9.19. The maximum atomic E-state index is 9.09. The van der Waals surface area contributed by atoms with Crippen LogP contribution in [0.1, 0.15) is 12.6 Å². The molecule has 0 radical (unpaired) electrons. The molecule has 0 aliphatic heterocycles. The van der Waals surface area contributed by atoms with E-state index < -0.39 is 5.41 Å². The standard InChI is InChI=1S/C7H14N4O/c1-7(4-8,5-12)6-3-11(2)10-9-6/h3,12H,4-5,8H2,1-2H3. The smallest absolute Gasteiger partial charge is 0.0921 e. The Hall–Kier alpha value is -0.940. The summed E-state index contributed by atoms with van der Waals surface area (Å²) in [6.45, 7) is 2.21. The molecule has 0 spiro atoms. The molecule has 1 aromatic rings. The first-order valence-electron chi connectivity index (χ1n) is 3.80. The second kappa shape index (κ2) is 3.20. The molecule has 5 heteroatoms. The highest BCUT2D eigenvalue weighted by Gasteiger charge is 2.27. The first-order chi connectivity index (χ1) is 5.62. The molecule has 0 saturated carbocycles. The minimum atomic E-state index is -0.464. The molecule has 12 heavy (non-hydrogen) atoms. The number of nitrogens with zero attached hydrogens (tertiary/aromatic N) is 3. The molecule has 0 amide bonds. The Morgan fingerprint density at radius 3 is 2.75 bits per heavy atom. The van der Waals surface area contributed by atoms with Gasteiger partial charge in [0.1, 0.15) is 0 Å². The van der Waals surface area contributed by atoms with Crippen molar-refractivity contribution in [2.45, 2.75) is 12.3 Å². The van der Waals surface area contributed by atoms with Crippen LogP contribution in [0, 0.1) is 0 Å². The van der Waals surface area contributed by atoms with Crippen LogP contribution in [0.5, 0.6) is 0 Å². The molecular formula is C7H14N4O. The summed E-state index contributed by atoms with van der Waals surface area (Å²) in [5.41, 5.74) is 5.79. The Bertz CT molecular complexity index is 254. The molecule has 0 aromatic carbocycles. The van der Waals surface area contributed by atoms with E-state index >= 15 is 0 Å². The van der Waals surface area contributed by atoms with Crippen molar-refractivity contribution in [3.05, 3.63) is 11.9 Å². The Kier molecular flexibility index (Phi) is 2.44. The van der Waals surface area contributed by atoms with Crippen molar-refractivity contribution in [1.82, 2.24) is 15.0 Å². The lowest BCUT2D eigenvalue weighted by atomic mass is 9.89. The quantitative estimate of drug-likeness (QED) is 0.611. The van der Waals surface area contributed by atoms with Crippen LogP contribution in [0.3, 0.4) is 0 Å². The van der Waals surface area contributed by atoms with E-state index in [-0.39, 0.29) is 6.61 Å². The van der Waals surface area contributed by atoms with Gasteiger partial charge in [0.2, 0.25) is 0 Å². The molecule has 5 nitrogen and oxygen atoms in total. The van der Waals surface area contributed by atoms with Crippen molar-refractivity contribution in [1.29, 1.82) is 0 Å². The van der Waals surface area contributed by atoms with Crippen molar-refractivity contribution in [3.8, 4) is 0 Å². The number of rotatable bonds is 3. The summed E-state index contributed by atoms with van der Waals surface area (Å²) in [6, 6.07) is 0. The number of aliphatic hydroxyl groups is 1. The molecule has 0 aliphatic carbocycles. The molecule has 1 unspecified atom stereocenters. The van der Waals surface area contributed by atoms with E-state index in [1.807, 2.05) is 6.92 Å². The lowest BCUT2D eigenvalue weighted by Crippen LogP contribution is -2.35. The van der Waals surface area contributed by atoms with Crippen LogP contribution in [0.25, 0.3) is 0 Å². The largest absolute Gasteiger partial charge is 0.395 e. The first kappa shape index (κ1) is 9.15. The summed E-state index contributed by atoms with van der Waals surface area (Å²) < 4.78 is 1.60. The second-order valence-electron chi connectivity index (χ2n) is 3.20. The number of aromatic nitrogens is 3. The zero-order valence-corrected chi connectivity index (χ0v) is 7.36. The molecule has 1 atom stereocenters. The Morgan fingerprint density at radius 1 is 1.75 bits per heavy atom. The highest BCUT2D eigenvalue weighted by atomic mass is 16.3. The van der Waals surface area contributed by atoms with Crippen molar-refractivity contribution in [3.63, 3.8) is 0 Å². The van der Waals surface area contributed by atoms with Gasteiger partial charge in [-0.25, -0.2) is 0 Å². The maximum absolute atomic E-state index is 9.09. The fourth-order valence-electron chi connectivity index (χ4n) is 0.874. The topological polar surface area (TPSA) is 77.0 Å². The third-order valence-corrected chi connectivity index (χ3v) is 2.02. The van der Waals surface area contributed by atoms with E-state index in [2.05, 4.69) is 10.3 Å². The van der Waals surface area contributed by atoms with Crippen molar-refractivity contribution < 1.29 is 5.11 Å². The van der Waals surface area contributed by atoms with Gasteiger partial charge in [0.15, 0.2) is 0 Å². The van der Waals surface area contributed by atoms with E-state index in [9.17, 15) is 0 Å². The van der Waals surface area contributed by atoms with Gasteiger partial charge in [-0.2, -0.15) is 0 Å². The number of aliphatic hydroxyl groups excluding tert-OH is 1. The van der Waals surface area contributed by atoms with Gasteiger partial charge in [0, 0.05) is 25.2 Å². The van der Waals surface area contributed by atoms with Gasteiger partial charge in [-0.05, 0) is 0 Å². The average molecular weight is 170 g/mol. The lowest BCUT2D eigenvalue weighted by molar-refractivity contribution is 0.207. The zero-order valence-electron chi connectivity index (χ0n) is 7.36. The Balaban J connectivity index is 2.94. The number of hydrogen-bond acceptors (Lipinski definition) is 4. The Morgan fingerprint density at radius 2 is 2.42 bits per heavy atom. The fraction of sp³-hybridized carbons (Fsp3) is 0.714. The lowest BCUT2D eigenvalue weighted by Gasteiger charge is -2.21. The first-order valence-corrected chi connectivity index (χ1v) is 3.80. The summed E-state index contributed by atoms with van der Waals surface area (Å²) >= 11 is 0. The van der Waals surface area contributed by atoms with Crippen LogP contribution in [-0.4, -0.2) is 33.3 Å². The molecule has 1 heterocycles. The summed E-state index contributed by atoms with van der Waals surface area (Å²) in [5, 5.41) is 16.8. The van der Waals surface area contributed by atoms with E-state index in [0.29, 0.717) is 6.54 Å². The van der Waals surface area contributed by atoms with E-state index in [1.54, 1.807) is 17.9 Å². The maximum Gasteiger partial charge on any atom is 0.0921 e. The normalized spacial score (nSPS) is 16.0. The summed E-state index contributed by atoms with van der Waals surface area (Å²) in [5.74, 6) is 0.